The number of nitrogens with zero attached hydrogens (tertiary/aromatic N) is 2. The summed E-state index contributed by atoms with van der Waals surface area (Å²) < 4.78 is 0. The summed E-state index contributed by atoms with van der Waals surface area (Å²) in [6.45, 7) is 0. The Labute approximate surface area is 253 Å². The number of benzene rings is 6. The fourth-order valence-corrected chi connectivity index (χ4v) is 5.56. The third-order valence-electron chi connectivity index (χ3n) is 7.77. The zero-order valence-electron chi connectivity index (χ0n) is 23.7. The van der Waals surface area contributed by atoms with Crippen molar-refractivity contribution in [2.45, 2.75) is 0 Å². The lowest BCUT2D eigenvalue weighted by Gasteiger charge is -2.25. The highest BCUT2D eigenvalue weighted by Crippen LogP contribution is 2.37. The van der Waals surface area contributed by atoms with Crippen molar-refractivity contribution in [1.29, 1.82) is 0 Å². The Balaban J connectivity index is 1.27. The summed E-state index contributed by atoms with van der Waals surface area (Å²) >= 11 is 0. The summed E-state index contributed by atoms with van der Waals surface area (Å²) in [5.41, 5.74) is 11.5. The van der Waals surface area contributed by atoms with Gasteiger partial charge in [0.2, 0.25) is 0 Å². The first-order chi connectivity index (χ1) is 21.3. The van der Waals surface area contributed by atoms with Gasteiger partial charge in [-0.1, -0.05) is 140 Å². The maximum atomic E-state index is 5.03. The number of rotatable bonds is 7. The molecular weight excluding hydrogens is 520 g/mol. The van der Waals surface area contributed by atoms with E-state index >= 15 is 0 Å². The number of pyridine rings is 1. The van der Waals surface area contributed by atoms with E-state index in [9.17, 15) is 0 Å². The van der Waals surface area contributed by atoms with Crippen molar-refractivity contribution in [3.63, 3.8) is 0 Å². The van der Waals surface area contributed by atoms with Crippen LogP contribution in [-0.2, 0) is 0 Å². The summed E-state index contributed by atoms with van der Waals surface area (Å²) in [6, 6.07) is 61.7. The van der Waals surface area contributed by atoms with Gasteiger partial charge in [0.05, 0.1) is 0 Å². The normalized spacial score (nSPS) is 10.8. The van der Waals surface area contributed by atoms with E-state index in [0.717, 1.165) is 22.8 Å². The quantitative estimate of drug-likeness (QED) is 0.196. The lowest BCUT2D eigenvalue weighted by molar-refractivity contribution is 1.18. The molecular formula is C41H30N2. The van der Waals surface area contributed by atoms with Crippen LogP contribution in [0.2, 0.25) is 0 Å². The summed E-state index contributed by atoms with van der Waals surface area (Å²) in [6.07, 6.45) is 1.99. The second-order valence-corrected chi connectivity index (χ2v) is 10.5. The van der Waals surface area contributed by atoms with Crippen molar-refractivity contribution in [3.05, 3.63) is 182 Å². The van der Waals surface area contributed by atoms with Gasteiger partial charge >= 0.3 is 0 Å². The third-order valence-corrected chi connectivity index (χ3v) is 7.77. The minimum Gasteiger partial charge on any atom is -0.295 e. The number of anilines is 3. The van der Waals surface area contributed by atoms with Crippen LogP contribution in [0, 0.1) is 0 Å². The van der Waals surface area contributed by atoms with Gasteiger partial charge in [0.15, 0.2) is 0 Å². The third kappa shape index (κ3) is 5.59. The maximum absolute atomic E-state index is 5.03. The highest BCUT2D eigenvalue weighted by Gasteiger charge is 2.15. The number of hydrogen-bond acceptors (Lipinski definition) is 2. The highest BCUT2D eigenvalue weighted by atomic mass is 15.2. The van der Waals surface area contributed by atoms with Crippen LogP contribution in [0.5, 0.6) is 0 Å². The van der Waals surface area contributed by atoms with Gasteiger partial charge in [-0.2, -0.15) is 0 Å². The van der Waals surface area contributed by atoms with E-state index in [1.54, 1.807) is 0 Å². The second-order valence-electron chi connectivity index (χ2n) is 10.5. The molecule has 0 aliphatic heterocycles. The van der Waals surface area contributed by atoms with E-state index in [4.69, 9.17) is 4.98 Å². The summed E-state index contributed by atoms with van der Waals surface area (Å²) in [7, 11) is 0. The van der Waals surface area contributed by atoms with Gasteiger partial charge < -0.3 is 0 Å². The molecule has 0 fully saturated rings. The summed E-state index contributed by atoms with van der Waals surface area (Å²) in [5.74, 6) is 0.862. The average Bonchev–Trinajstić information content (AvgIpc) is 3.10. The van der Waals surface area contributed by atoms with E-state index in [2.05, 4.69) is 169 Å². The van der Waals surface area contributed by atoms with Crippen LogP contribution in [-0.4, -0.2) is 4.98 Å². The Morgan fingerprint density at radius 2 is 0.674 bits per heavy atom. The van der Waals surface area contributed by atoms with Crippen LogP contribution in [0.3, 0.4) is 0 Å². The predicted octanol–water partition coefficient (Wildman–Crippen LogP) is 11.2. The minimum absolute atomic E-state index is 0.862. The molecule has 0 amide bonds. The van der Waals surface area contributed by atoms with Crippen molar-refractivity contribution >= 4 is 17.2 Å². The molecule has 0 aliphatic carbocycles. The van der Waals surface area contributed by atoms with Crippen molar-refractivity contribution in [2.75, 3.05) is 4.90 Å². The standard InChI is InChI=1S/C41H30N2/c1-4-12-31(13-5-1)33-20-25-37(26-21-33)43(38-27-22-34(23-28-38)32-14-6-2-7-15-32)41-29-24-36(30-42-41)40-19-11-10-18-39(40)35-16-8-3-9-17-35/h1-30H. The molecule has 0 N–H and O–H groups in total. The molecule has 7 rings (SSSR count). The molecule has 0 spiro atoms. The molecule has 0 saturated carbocycles. The Bertz CT molecular complexity index is 1830. The molecule has 0 aliphatic rings. The summed E-state index contributed by atoms with van der Waals surface area (Å²) in [4.78, 5) is 7.25. The summed E-state index contributed by atoms with van der Waals surface area (Å²) in [5, 5.41) is 0. The molecule has 0 bridgehead atoms. The molecule has 2 nitrogen and oxygen atoms in total. The Morgan fingerprint density at radius 3 is 1.12 bits per heavy atom. The lowest BCUT2D eigenvalue weighted by atomic mass is 9.95. The second kappa shape index (κ2) is 12.0. The van der Waals surface area contributed by atoms with Gasteiger partial charge in [0.1, 0.15) is 5.82 Å². The Hall–Kier alpha value is -5.73. The van der Waals surface area contributed by atoms with Crippen LogP contribution in [0.1, 0.15) is 0 Å². The first-order valence-electron chi connectivity index (χ1n) is 14.6. The molecule has 2 heteroatoms. The molecule has 0 radical (unpaired) electrons. The predicted molar refractivity (Wildman–Crippen MR) is 181 cm³/mol. The van der Waals surface area contributed by atoms with Gasteiger partial charge in [-0.05, 0) is 75.3 Å². The van der Waals surface area contributed by atoms with E-state index in [1.165, 1.54) is 38.9 Å². The molecule has 1 heterocycles. The van der Waals surface area contributed by atoms with Crippen LogP contribution in [0.25, 0.3) is 44.5 Å². The number of hydrogen-bond donors (Lipinski definition) is 0. The first-order valence-corrected chi connectivity index (χ1v) is 14.6. The fraction of sp³-hybridized carbons (Fsp3) is 0. The lowest BCUT2D eigenvalue weighted by Crippen LogP contribution is -2.11. The molecule has 43 heavy (non-hydrogen) atoms. The molecule has 0 unspecified atom stereocenters. The number of aromatic nitrogens is 1. The van der Waals surface area contributed by atoms with Crippen LogP contribution >= 0.6 is 0 Å². The van der Waals surface area contributed by atoms with Crippen molar-refractivity contribution < 1.29 is 0 Å². The average molecular weight is 551 g/mol. The van der Waals surface area contributed by atoms with Crippen molar-refractivity contribution in [1.82, 2.24) is 4.98 Å². The maximum Gasteiger partial charge on any atom is 0.137 e. The van der Waals surface area contributed by atoms with Crippen LogP contribution in [0.15, 0.2) is 182 Å². The van der Waals surface area contributed by atoms with Crippen molar-refractivity contribution in [2.24, 2.45) is 0 Å². The topological polar surface area (TPSA) is 16.1 Å². The largest absolute Gasteiger partial charge is 0.295 e. The molecule has 6 aromatic carbocycles. The molecule has 204 valence electrons. The Morgan fingerprint density at radius 1 is 0.302 bits per heavy atom. The minimum atomic E-state index is 0.862. The smallest absolute Gasteiger partial charge is 0.137 e. The monoisotopic (exact) mass is 550 g/mol. The zero-order valence-corrected chi connectivity index (χ0v) is 23.7. The van der Waals surface area contributed by atoms with E-state index in [-0.39, 0.29) is 0 Å². The van der Waals surface area contributed by atoms with Gasteiger partial charge in [-0.25, -0.2) is 4.98 Å². The van der Waals surface area contributed by atoms with E-state index in [0.29, 0.717) is 0 Å². The van der Waals surface area contributed by atoms with Gasteiger partial charge in [0.25, 0.3) is 0 Å². The first kappa shape index (κ1) is 26.2. The van der Waals surface area contributed by atoms with E-state index < -0.39 is 0 Å². The van der Waals surface area contributed by atoms with Gasteiger partial charge in [-0.3, -0.25) is 4.90 Å². The van der Waals surface area contributed by atoms with Crippen LogP contribution in [0.4, 0.5) is 17.2 Å². The molecule has 7 aromatic rings. The molecule has 1 aromatic heterocycles. The Kier molecular flexibility index (Phi) is 7.32. The van der Waals surface area contributed by atoms with Gasteiger partial charge in [0, 0.05) is 23.1 Å². The fourth-order valence-electron chi connectivity index (χ4n) is 5.56. The molecule has 0 saturated heterocycles. The SMILES string of the molecule is c1ccc(-c2ccc(N(c3ccc(-c4ccccc4)cc3)c3ccc(-c4ccccc4-c4ccccc4)cn3)cc2)cc1. The highest BCUT2D eigenvalue weighted by molar-refractivity contribution is 5.84. The van der Waals surface area contributed by atoms with Gasteiger partial charge in [-0.15, -0.1) is 0 Å². The molecule has 0 atom stereocenters. The van der Waals surface area contributed by atoms with Crippen LogP contribution < -0.4 is 4.90 Å². The van der Waals surface area contributed by atoms with E-state index in [1.807, 2.05) is 18.3 Å². The zero-order chi connectivity index (χ0) is 28.8. The van der Waals surface area contributed by atoms with Crippen molar-refractivity contribution in [3.8, 4) is 44.5 Å².